The summed E-state index contributed by atoms with van der Waals surface area (Å²) in [6, 6.07) is 0. The van der Waals surface area contributed by atoms with E-state index in [1.54, 1.807) is 23.5 Å². The zero-order chi connectivity index (χ0) is 20.5. The maximum atomic E-state index is 12.2. The first-order valence-electron chi connectivity index (χ1n) is 8.99. The second-order valence-electron chi connectivity index (χ2n) is 6.75. The van der Waals surface area contributed by atoms with Crippen molar-refractivity contribution in [2.24, 2.45) is 0 Å². The van der Waals surface area contributed by atoms with Crippen molar-refractivity contribution < 1.29 is 30.3 Å². The van der Waals surface area contributed by atoms with Crippen molar-refractivity contribution >= 4 is 53.0 Å². The highest BCUT2D eigenvalue weighted by Crippen LogP contribution is 2.68. The van der Waals surface area contributed by atoms with Crippen LogP contribution in [0.3, 0.4) is 0 Å². The average molecular weight is 465 g/mol. The summed E-state index contributed by atoms with van der Waals surface area (Å²) in [5, 5.41) is 48.1. The molecule has 0 fully saturated rings. The Morgan fingerprint density at radius 1 is 0.714 bits per heavy atom. The molecule has 5 N–H and O–H groups in total. The molecular weight excluding hydrogens is 440 g/mol. The maximum absolute atomic E-state index is 12.2. The lowest BCUT2D eigenvalue weighted by atomic mass is 10.1. The van der Waals surface area contributed by atoms with Gasteiger partial charge in [-0.25, -0.2) is 4.79 Å². The molecule has 28 heavy (non-hydrogen) atoms. The van der Waals surface area contributed by atoms with Gasteiger partial charge in [-0.05, 0) is 38.2 Å². The van der Waals surface area contributed by atoms with E-state index >= 15 is 0 Å². The largest absolute Gasteiger partial charge is 0.478 e. The lowest BCUT2D eigenvalue weighted by Gasteiger charge is -2.26. The van der Waals surface area contributed by atoms with E-state index in [0.29, 0.717) is 35.5 Å². The van der Waals surface area contributed by atoms with Crippen LogP contribution in [-0.4, -0.2) is 66.1 Å². The van der Waals surface area contributed by atoms with Crippen LogP contribution in [0.25, 0.3) is 0 Å². The Balaban J connectivity index is 2.11. The van der Waals surface area contributed by atoms with Gasteiger partial charge in [0.25, 0.3) is 0 Å². The highest BCUT2D eigenvalue weighted by Gasteiger charge is 2.48. The van der Waals surface area contributed by atoms with E-state index in [4.69, 9.17) is 0 Å². The molecule has 0 aromatic heterocycles. The van der Waals surface area contributed by atoms with Crippen molar-refractivity contribution in [2.45, 2.75) is 60.3 Å². The third-order valence-electron chi connectivity index (χ3n) is 4.88. The van der Waals surface area contributed by atoms with Gasteiger partial charge in [0.15, 0.2) is 0 Å². The molecule has 3 rings (SSSR count). The lowest BCUT2D eigenvalue weighted by molar-refractivity contribution is 0.0688. The first-order chi connectivity index (χ1) is 13.4. The molecule has 0 saturated carbocycles. The molecule has 1 aromatic rings. The second kappa shape index (κ2) is 8.97. The summed E-state index contributed by atoms with van der Waals surface area (Å²) in [4.78, 5) is 15.5. The number of fused-ring (bicyclic) bond motifs is 2. The number of carboxylic acid groups (broad SMARTS) is 1. The van der Waals surface area contributed by atoms with E-state index in [9.17, 15) is 30.3 Å². The number of aromatic carboxylic acids is 1. The molecule has 6 nitrogen and oxygen atoms in total. The van der Waals surface area contributed by atoms with Crippen LogP contribution in [0.2, 0.25) is 0 Å². The fourth-order valence-electron chi connectivity index (χ4n) is 3.53. The van der Waals surface area contributed by atoms with Gasteiger partial charge in [-0.3, -0.25) is 0 Å². The van der Waals surface area contributed by atoms with E-state index in [1.165, 1.54) is 23.5 Å². The first-order valence-corrected chi connectivity index (χ1v) is 12.3. The molecule has 0 amide bonds. The Kier molecular flexibility index (Phi) is 7.24. The zero-order valence-corrected chi connectivity index (χ0v) is 18.7. The Morgan fingerprint density at radius 2 is 1.04 bits per heavy atom. The number of aliphatic hydroxyl groups is 4. The van der Waals surface area contributed by atoms with Crippen molar-refractivity contribution in [3.05, 3.63) is 11.1 Å². The van der Waals surface area contributed by atoms with Gasteiger partial charge in [-0.2, -0.15) is 0 Å². The van der Waals surface area contributed by atoms with Gasteiger partial charge in [0.2, 0.25) is 0 Å². The summed E-state index contributed by atoms with van der Waals surface area (Å²) in [7, 11) is 0. The fourth-order valence-corrected chi connectivity index (χ4v) is 10.5. The molecule has 2 heterocycles. The van der Waals surface area contributed by atoms with Crippen molar-refractivity contribution in [2.75, 3.05) is 26.4 Å². The number of benzene rings is 1. The van der Waals surface area contributed by atoms with Crippen molar-refractivity contribution in [3.63, 3.8) is 0 Å². The summed E-state index contributed by atoms with van der Waals surface area (Å²) in [6.07, 6.45) is 1.83. The average Bonchev–Trinajstić information content (AvgIpc) is 3.16. The molecule has 2 aliphatic heterocycles. The van der Waals surface area contributed by atoms with Gasteiger partial charge in [-0.1, -0.05) is 0 Å². The summed E-state index contributed by atoms with van der Waals surface area (Å²) in [6.45, 7) is 1.85. The van der Waals surface area contributed by atoms with E-state index < -0.39 is 14.1 Å². The third-order valence-corrected chi connectivity index (χ3v) is 11.9. The molecule has 0 spiro atoms. The zero-order valence-electron chi connectivity index (χ0n) is 15.4. The Morgan fingerprint density at radius 3 is 1.32 bits per heavy atom. The molecule has 0 unspecified atom stereocenters. The topological polar surface area (TPSA) is 118 Å². The molecule has 0 radical (unpaired) electrons. The summed E-state index contributed by atoms with van der Waals surface area (Å²) in [5.41, 5.74) is 1.27. The van der Waals surface area contributed by atoms with E-state index in [1.807, 2.05) is 6.92 Å². The van der Waals surface area contributed by atoms with E-state index in [2.05, 4.69) is 0 Å². The molecule has 10 heteroatoms. The highest BCUT2D eigenvalue weighted by atomic mass is 32.2. The number of hydrogen-bond donors (Lipinski definition) is 5. The van der Waals surface area contributed by atoms with Crippen LogP contribution in [0, 0.1) is 6.92 Å². The molecule has 2 aliphatic rings. The van der Waals surface area contributed by atoms with Gasteiger partial charge in [0.05, 0.1) is 13.7 Å². The van der Waals surface area contributed by atoms with Crippen LogP contribution in [0.4, 0.5) is 0 Å². The number of rotatable bonds is 9. The minimum atomic E-state index is -0.999. The number of carbonyl (C=O) groups is 1. The van der Waals surface area contributed by atoms with Crippen LogP contribution in [0.15, 0.2) is 19.6 Å². The number of aliphatic hydroxyl groups excluding tert-OH is 4. The predicted octanol–water partition coefficient (Wildman–Crippen LogP) is 3.01. The van der Waals surface area contributed by atoms with Gasteiger partial charge in [0, 0.05) is 46.0 Å². The Labute approximate surface area is 180 Å². The molecular formula is C18H24O6S4. The second-order valence-corrected chi connectivity index (χ2v) is 12.8. The molecule has 0 saturated heterocycles. The van der Waals surface area contributed by atoms with Crippen molar-refractivity contribution in [3.8, 4) is 0 Å². The molecule has 0 bridgehead atoms. The maximum Gasteiger partial charge on any atom is 0.338 e. The molecule has 1 aromatic carbocycles. The van der Waals surface area contributed by atoms with Gasteiger partial charge < -0.3 is 25.5 Å². The summed E-state index contributed by atoms with van der Waals surface area (Å²) < 4.78 is -0.947. The molecule has 0 atom stereocenters. The SMILES string of the molecule is Cc1c2c(c(C(=O)O)c3c1SC(CCO)(CCO)S3)SC(CCO)(CCO)S2. The summed E-state index contributed by atoms with van der Waals surface area (Å²) in [5.74, 6) is -0.999. The lowest BCUT2D eigenvalue weighted by Crippen LogP contribution is -2.21. The van der Waals surface area contributed by atoms with E-state index in [0.717, 1.165) is 15.4 Å². The fraction of sp³-hybridized carbons (Fsp3) is 0.611. The Hall–Kier alpha value is -0.0700. The monoisotopic (exact) mass is 464 g/mol. The third kappa shape index (κ3) is 3.94. The highest BCUT2D eigenvalue weighted by molar-refractivity contribution is 8.21. The number of thioether (sulfide) groups is 4. The minimum Gasteiger partial charge on any atom is -0.478 e. The van der Waals surface area contributed by atoms with Crippen LogP contribution >= 0.6 is 47.0 Å². The van der Waals surface area contributed by atoms with Crippen LogP contribution in [-0.2, 0) is 0 Å². The van der Waals surface area contributed by atoms with Gasteiger partial charge in [0.1, 0.15) is 0 Å². The predicted molar refractivity (Wildman–Crippen MR) is 114 cm³/mol. The molecule has 0 aliphatic carbocycles. The quantitative estimate of drug-likeness (QED) is 0.373. The van der Waals surface area contributed by atoms with Crippen molar-refractivity contribution in [1.29, 1.82) is 0 Å². The number of carboxylic acids is 1. The number of hydrogen-bond acceptors (Lipinski definition) is 9. The van der Waals surface area contributed by atoms with Crippen LogP contribution in [0.1, 0.15) is 41.6 Å². The van der Waals surface area contributed by atoms with Crippen molar-refractivity contribution in [1.82, 2.24) is 0 Å². The summed E-state index contributed by atoms with van der Waals surface area (Å²) >= 11 is 5.96. The Bertz CT molecular complexity index is 704. The molecule has 156 valence electrons. The van der Waals surface area contributed by atoms with Gasteiger partial charge >= 0.3 is 5.97 Å². The first kappa shape index (κ1) is 22.6. The smallest absolute Gasteiger partial charge is 0.338 e. The standard InChI is InChI=1S/C18H24O6S4/c1-10-12-14(27-17(25-12,2-6-19)3-7-20)11(16(23)24)15-13(10)26-18(28-15,4-8-21)5-9-22/h19-22H,2-9H2,1H3,(H,23,24). The minimum absolute atomic E-state index is 0.0330. The van der Waals surface area contributed by atoms with Gasteiger partial charge in [-0.15, -0.1) is 47.0 Å². The van der Waals surface area contributed by atoms with Crippen LogP contribution < -0.4 is 0 Å². The van der Waals surface area contributed by atoms with E-state index in [-0.39, 0.29) is 32.0 Å². The normalized spacial score (nSPS) is 18.9. The van der Waals surface area contributed by atoms with Crippen LogP contribution in [0.5, 0.6) is 0 Å².